The highest BCUT2D eigenvalue weighted by Crippen LogP contribution is 2.46. The number of thioether (sulfide) groups is 1. The van der Waals surface area contributed by atoms with Crippen molar-refractivity contribution in [1.82, 2.24) is 0 Å². The van der Waals surface area contributed by atoms with Crippen molar-refractivity contribution in [1.29, 1.82) is 0 Å². The zero-order chi connectivity index (χ0) is 27.2. The van der Waals surface area contributed by atoms with Crippen molar-refractivity contribution in [2.24, 2.45) is 0 Å². The molecule has 1 N–H and O–H groups in total. The lowest BCUT2D eigenvalue weighted by atomic mass is 9.92. The number of hydrogen-bond acceptors (Lipinski definition) is 3. The van der Waals surface area contributed by atoms with Gasteiger partial charge < -0.3 is 9.53 Å². The van der Waals surface area contributed by atoms with Gasteiger partial charge in [-0.3, -0.25) is 0 Å². The van der Waals surface area contributed by atoms with Gasteiger partial charge in [0.15, 0.2) is 0 Å². The fourth-order valence-corrected chi connectivity index (χ4v) is 7.33. The highest BCUT2D eigenvalue weighted by molar-refractivity contribution is 8.00. The van der Waals surface area contributed by atoms with Gasteiger partial charge in [0.1, 0.15) is 0 Å². The zero-order valence-corrected chi connectivity index (χ0v) is 26.9. The molecule has 0 heterocycles. The van der Waals surface area contributed by atoms with Crippen LogP contribution >= 0.6 is 11.8 Å². The Hall–Kier alpha value is -0.713. The first-order valence-corrected chi connectivity index (χ1v) is 19.2. The predicted molar refractivity (Wildman–Crippen MR) is 167 cm³/mol. The number of hydrogen-bond donors (Lipinski definition) is 1. The minimum Gasteiger partial charge on any atom is -0.547 e. The molecule has 1 aromatic rings. The Morgan fingerprint density at radius 3 is 1.81 bits per heavy atom. The van der Waals surface area contributed by atoms with Crippen LogP contribution in [-0.4, -0.2) is 24.3 Å². The molecule has 0 bridgehead atoms. The molecule has 0 radical (unpaired) electrons. The average molecular weight is 547 g/mol. The summed E-state index contributed by atoms with van der Waals surface area (Å²) in [6, 6.07) is 10.5. The Kier molecular flexibility index (Phi) is 14.4. The molecule has 0 aliphatic heterocycles. The van der Waals surface area contributed by atoms with E-state index in [4.69, 9.17) is 4.43 Å². The average Bonchev–Trinajstić information content (AvgIpc) is 3.13. The minimum absolute atomic E-state index is 0.0524. The second kappa shape index (κ2) is 16.4. The molecule has 0 fully saturated rings. The third kappa shape index (κ3) is 11.9. The molecule has 2 rings (SSSR count). The molecule has 0 aromatic heterocycles. The summed E-state index contributed by atoms with van der Waals surface area (Å²) in [5.41, 5.74) is -0.713. The van der Waals surface area contributed by atoms with E-state index in [1.165, 1.54) is 88.4 Å². The first kappa shape index (κ1) is 32.5. The van der Waals surface area contributed by atoms with Crippen molar-refractivity contribution in [3.8, 4) is 0 Å². The summed E-state index contributed by atoms with van der Waals surface area (Å²) in [6.07, 6.45) is 22.8. The van der Waals surface area contributed by atoms with Gasteiger partial charge >= 0.3 is 0 Å². The van der Waals surface area contributed by atoms with E-state index < -0.39 is 13.9 Å². The van der Waals surface area contributed by atoms with E-state index in [9.17, 15) is 5.11 Å². The van der Waals surface area contributed by atoms with Crippen LogP contribution in [0.1, 0.15) is 130 Å². The van der Waals surface area contributed by atoms with Gasteiger partial charge in [0.25, 0.3) is 0 Å². The zero-order valence-electron chi connectivity index (χ0n) is 25.1. The van der Waals surface area contributed by atoms with Crippen molar-refractivity contribution >= 4 is 20.1 Å². The second-order valence-electron chi connectivity index (χ2n) is 13.0. The van der Waals surface area contributed by atoms with Gasteiger partial charge in [-0.25, -0.2) is 0 Å². The maximum Gasteiger partial charge on any atom is 0.250 e. The van der Waals surface area contributed by atoms with Crippen LogP contribution in [0.25, 0.3) is 0 Å². The summed E-state index contributed by atoms with van der Waals surface area (Å²) in [5.74, 6) is 1.02. The number of rotatable bonds is 19. The standard InChI is InChI=1S/C33H58O2SSi/c1-7-8-9-10-11-12-13-14-15-16-17-18-19-23-26-33(34)28-29(35-37(5,6)32(2,3)4)27-31(33)36-30-24-21-20-22-25-30/h20-22,24-25,27,31,34H,7-19,23,26,28H2,1-6H3/t31-,33+/m1/s1. The van der Waals surface area contributed by atoms with Gasteiger partial charge in [0, 0.05) is 11.3 Å². The molecule has 1 aliphatic rings. The van der Waals surface area contributed by atoms with Crippen LogP contribution in [-0.2, 0) is 4.43 Å². The van der Waals surface area contributed by atoms with E-state index in [2.05, 4.69) is 77.2 Å². The van der Waals surface area contributed by atoms with Crippen LogP contribution in [0, 0.1) is 0 Å². The van der Waals surface area contributed by atoms with Crippen LogP contribution in [0.4, 0.5) is 0 Å². The highest BCUT2D eigenvalue weighted by Gasteiger charge is 2.46. The molecule has 212 valence electrons. The number of unbranched alkanes of at least 4 members (excludes halogenated alkanes) is 13. The molecule has 0 spiro atoms. The summed E-state index contributed by atoms with van der Waals surface area (Å²) >= 11 is 1.79. The highest BCUT2D eigenvalue weighted by atomic mass is 32.2. The van der Waals surface area contributed by atoms with Crippen molar-refractivity contribution in [3.63, 3.8) is 0 Å². The Bertz CT molecular complexity index is 770. The minimum atomic E-state index is -1.92. The maximum absolute atomic E-state index is 11.8. The van der Waals surface area contributed by atoms with E-state index in [-0.39, 0.29) is 10.3 Å². The van der Waals surface area contributed by atoms with Crippen LogP contribution in [0.5, 0.6) is 0 Å². The van der Waals surface area contributed by atoms with Gasteiger partial charge in [-0.15, -0.1) is 11.8 Å². The van der Waals surface area contributed by atoms with E-state index in [1.54, 1.807) is 11.8 Å². The van der Waals surface area contributed by atoms with E-state index >= 15 is 0 Å². The van der Waals surface area contributed by atoms with E-state index in [1.807, 2.05) is 0 Å². The van der Waals surface area contributed by atoms with Crippen molar-refractivity contribution < 1.29 is 9.53 Å². The lowest BCUT2D eigenvalue weighted by Crippen LogP contribution is -2.41. The molecule has 4 heteroatoms. The fraction of sp³-hybridized carbons (Fsp3) is 0.758. The van der Waals surface area contributed by atoms with Crippen LogP contribution in [0.3, 0.4) is 0 Å². The summed E-state index contributed by atoms with van der Waals surface area (Å²) in [7, 11) is -1.92. The Labute approximate surface area is 235 Å². The van der Waals surface area contributed by atoms with Gasteiger partial charge in [0.05, 0.1) is 16.6 Å². The first-order chi connectivity index (χ1) is 17.6. The molecule has 37 heavy (non-hydrogen) atoms. The van der Waals surface area contributed by atoms with Gasteiger partial charge in [-0.05, 0) is 42.8 Å². The monoisotopic (exact) mass is 546 g/mol. The SMILES string of the molecule is CCCCCCCCCCCCCCCC[C@]1(O)CC(O[Si](C)(C)C(C)(C)C)=C[C@H]1Sc1ccccc1. The Morgan fingerprint density at radius 1 is 0.838 bits per heavy atom. The predicted octanol–water partition coefficient (Wildman–Crippen LogP) is 11.1. The lowest BCUT2D eigenvalue weighted by molar-refractivity contribution is 0.0398. The fourth-order valence-electron chi connectivity index (χ4n) is 4.98. The molecule has 2 atom stereocenters. The quantitative estimate of drug-likeness (QED) is 0.138. The largest absolute Gasteiger partial charge is 0.547 e. The number of benzene rings is 1. The summed E-state index contributed by atoms with van der Waals surface area (Å²) in [4.78, 5) is 1.22. The summed E-state index contributed by atoms with van der Waals surface area (Å²) in [5, 5.41) is 12.0. The van der Waals surface area contributed by atoms with Crippen molar-refractivity contribution in [2.45, 2.75) is 164 Å². The third-order valence-electron chi connectivity index (χ3n) is 8.51. The van der Waals surface area contributed by atoms with Crippen LogP contribution < -0.4 is 0 Å². The van der Waals surface area contributed by atoms with Crippen LogP contribution in [0.15, 0.2) is 47.1 Å². The molecule has 0 saturated heterocycles. The maximum atomic E-state index is 11.8. The summed E-state index contributed by atoms with van der Waals surface area (Å²) in [6.45, 7) is 13.7. The molecular weight excluding hydrogens is 489 g/mol. The van der Waals surface area contributed by atoms with Crippen molar-refractivity contribution in [2.75, 3.05) is 0 Å². The van der Waals surface area contributed by atoms with E-state index in [0.717, 1.165) is 18.6 Å². The van der Waals surface area contributed by atoms with Gasteiger partial charge in [0.2, 0.25) is 8.32 Å². The molecule has 0 saturated carbocycles. The van der Waals surface area contributed by atoms with Gasteiger partial charge in [-0.2, -0.15) is 0 Å². The molecule has 0 amide bonds. The lowest BCUT2D eigenvalue weighted by Gasteiger charge is -2.37. The smallest absolute Gasteiger partial charge is 0.250 e. The summed E-state index contributed by atoms with van der Waals surface area (Å²) < 4.78 is 6.68. The Morgan fingerprint density at radius 2 is 1.32 bits per heavy atom. The molecular formula is C33H58O2SSi. The normalized spacial score (nSPS) is 20.3. The molecule has 1 aromatic carbocycles. The van der Waals surface area contributed by atoms with E-state index in [0.29, 0.717) is 6.42 Å². The number of aliphatic hydroxyl groups is 1. The Balaban J connectivity index is 1.73. The molecule has 2 nitrogen and oxygen atoms in total. The first-order valence-electron chi connectivity index (χ1n) is 15.4. The topological polar surface area (TPSA) is 29.5 Å². The second-order valence-corrected chi connectivity index (χ2v) is 18.9. The molecule has 1 aliphatic carbocycles. The molecule has 0 unspecified atom stereocenters. The van der Waals surface area contributed by atoms with Crippen LogP contribution in [0.2, 0.25) is 18.1 Å². The van der Waals surface area contributed by atoms with Gasteiger partial charge in [-0.1, -0.05) is 136 Å². The van der Waals surface area contributed by atoms with Crippen molar-refractivity contribution in [3.05, 3.63) is 42.2 Å². The third-order valence-corrected chi connectivity index (χ3v) is 14.3.